The summed E-state index contributed by atoms with van der Waals surface area (Å²) in [6.07, 6.45) is 4.22. The van der Waals surface area contributed by atoms with E-state index in [9.17, 15) is 14.4 Å². The number of carbonyl (C=O) groups excluding carboxylic acids is 3. The number of nitrogens with one attached hydrogen (secondary N) is 2. The van der Waals surface area contributed by atoms with Crippen LogP contribution in [0.1, 0.15) is 45.4 Å². The number of hydrogen-bond donors (Lipinski definition) is 2. The molecule has 1 saturated heterocycles. The van der Waals surface area contributed by atoms with Gasteiger partial charge in [-0.3, -0.25) is 15.0 Å². The van der Waals surface area contributed by atoms with Gasteiger partial charge < -0.3 is 5.32 Å². The van der Waals surface area contributed by atoms with Crippen LogP contribution in [0.5, 0.6) is 0 Å². The van der Waals surface area contributed by atoms with E-state index in [2.05, 4.69) is 10.7 Å². The van der Waals surface area contributed by atoms with Gasteiger partial charge in [0.05, 0.1) is 4.88 Å². The molecule has 4 rings (SSSR count). The van der Waals surface area contributed by atoms with Crippen molar-refractivity contribution in [3.05, 3.63) is 57.3 Å². The number of aryl methyl sites for hydroxylation is 3. The highest BCUT2D eigenvalue weighted by Gasteiger charge is 2.48. The van der Waals surface area contributed by atoms with Gasteiger partial charge in [-0.2, -0.15) is 5.01 Å². The first-order valence-corrected chi connectivity index (χ1v) is 9.91. The molecule has 1 atom stereocenters. The Hall–Kier alpha value is -2.67. The van der Waals surface area contributed by atoms with Crippen LogP contribution >= 0.6 is 11.3 Å². The van der Waals surface area contributed by atoms with Crippen molar-refractivity contribution in [3.8, 4) is 0 Å². The van der Waals surface area contributed by atoms with Gasteiger partial charge in [0.15, 0.2) is 0 Å². The number of imide groups is 1. The van der Waals surface area contributed by atoms with Crippen LogP contribution in [0, 0.1) is 0 Å². The lowest BCUT2D eigenvalue weighted by Gasteiger charge is -2.21. The van der Waals surface area contributed by atoms with Gasteiger partial charge in [0.2, 0.25) is 0 Å². The molecule has 0 spiro atoms. The second-order valence-corrected chi connectivity index (χ2v) is 8.38. The van der Waals surface area contributed by atoms with Crippen LogP contribution in [0.3, 0.4) is 0 Å². The molecule has 1 aliphatic heterocycles. The first-order valence-electron chi connectivity index (χ1n) is 9.09. The molecule has 0 bridgehead atoms. The van der Waals surface area contributed by atoms with Crippen molar-refractivity contribution in [3.63, 3.8) is 0 Å². The third-order valence-electron chi connectivity index (χ3n) is 5.20. The van der Waals surface area contributed by atoms with Gasteiger partial charge in [-0.1, -0.05) is 30.3 Å². The molecule has 140 valence electrons. The average Bonchev–Trinajstić information content (AvgIpc) is 3.31. The zero-order valence-electron chi connectivity index (χ0n) is 15.1. The summed E-state index contributed by atoms with van der Waals surface area (Å²) in [7, 11) is 0. The Bertz CT molecular complexity index is 887. The Balaban J connectivity index is 1.43. The number of thiophene rings is 1. The van der Waals surface area contributed by atoms with Gasteiger partial charge in [0, 0.05) is 4.88 Å². The largest absolute Gasteiger partial charge is 0.344 e. The number of nitrogens with zero attached hydrogens (tertiary/aromatic N) is 1. The molecule has 7 heteroatoms. The minimum Gasteiger partial charge on any atom is -0.322 e. The van der Waals surface area contributed by atoms with Crippen LogP contribution in [-0.4, -0.2) is 28.4 Å². The minimum absolute atomic E-state index is 0.412. The van der Waals surface area contributed by atoms with Crippen molar-refractivity contribution in [2.45, 2.75) is 44.6 Å². The SMILES string of the molecule is CC1(CCc2ccccc2)NC(=O)N(NC(=O)c2cc3c(s2)CCC3)C1=O. The maximum absolute atomic E-state index is 12.8. The summed E-state index contributed by atoms with van der Waals surface area (Å²) in [6, 6.07) is 11.1. The maximum atomic E-state index is 12.8. The second kappa shape index (κ2) is 6.81. The van der Waals surface area contributed by atoms with Gasteiger partial charge >= 0.3 is 6.03 Å². The average molecular weight is 383 g/mol. The van der Waals surface area contributed by atoms with Crippen LogP contribution in [0.25, 0.3) is 0 Å². The molecule has 1 aliphatic carbocycles. The normalized spacial score (nSPS) is 21.3. The quantitative estimate of drug-likeness (QED) is 0.780. The fourth-order valence-corrected chi connectivity index (χ4v) is 4.74. The van der Waals surface area contributed by atoms with Crippen molar-refractivity contribution in [1.29, 1.82) is 0 Å². The minimum atomic E-state index is -1.03. The van der Waals surface area contributed by atoms with Crippen molar-refractivity contribution in [1.82, 2.24) is 15.8 Å². The van der Waals surface area contributed by atoms with Crippen molar-refractivity contribution in [2.75, 3.05) is 0 Å². The number of fused-ring (bicyclic) bond motifs is 1. The second-order valence-electron chi connectivity index (χ2n) is 7.24. The van der Waals surface area contributed by atoms with E-state index in [1.54, 1.807) is 6.92 Å². The monoisotopic (exact) mass is 383 g/mol. The molecule has 27 heavy (non-hydrogen) atoms. The number of benzene rings is 1. The predicted octanol–water partition coefficient (Wildman–Crippen LogP) is 2.82. The summed E-state index contributed by atoms with van der Waals surface area (Å²) >= 11 is 1.44. The Labute approximate surface area is 161 Å². The number of carbonyl (C=O) groups is 3. The Morgan fingerprint density at radius 2 is 2.04 bits per heavy atom. The third-order valence-corrected chi connectivity index (χ3v) is 6.44. The molecule has 1 unspecified atom stereocenters. The number of hydrazine groups is 1. The number of urea groups is 1. The molecule has 2 aromatic rings. The molecule has 2 heterocycles. The molecule has 2 N–H and O–H groups in total. The Kier molecular flexibility index (Phi) is 4.47. The summed E-state index contributed by atoms with van der Waals surface area (Å²) in [5.74, 6) is -0.842. The van der Waals surface area contributed by atoms with E-state index >= 15 is 0 Å². The highest BCUT2D eigenvalue weighted by atomic mass is 32.1. The standard InChI is InChI=1S/C20H21N3O3S/c1-20(11-10-13-6-3-2-4-7-13)18(25)23(19(26)21-20)22-17(24)16-12-14-8-5-9-15(14)27-16/h2-4,6-7,12H,5,8-11H2,1H3,(H,21,26)(H,22,24). The van der Waals surface area contributed by atoms with Gasteiger partial charge in [-0.05, 0) is 56.2 Å². The van der Waals surface area contributed by atoms with Gasteiger partial charge in [0.25, 0.3) is 11.8 Å². The van der Waals surface area contributed by atoms with E-state index in [0.29, 0.717) is 17.7 Å². The third kappa shape index (κ3) is 3.35. The highest BCUT2D eigenvalue weighted by molar-refractivity contribution is 7.14. The van der Waals surface area contributed by atoms with Crippen LogP contribution in [0.15, 0.2) is 36.4 Å². The van der Waals surface area contributed by atoms with Gasteiger partial charge in [0.1, 0.15) is 5.54 Å². The van der Waals surface area contributed by atoms with Crippen molar-refractivity contribution >= 4 is 29.2 Å². The highest BCUT2D eigenvalue weighted by Crippen LogP contribution is 2.31. The topological polar surface area (TPSA) is 78.5 Å². The van der Waals surface area contributed by atoms with Crippen LogP contribution < -0.4 is 10.7 Å². The Morgan fingerprint density at radius 3 is 2.78 bits per heavy atom. The predicted molar refractivity (Wildman–Crippen MR) is 102 cm³/mol. The summed E-state index contributed by atoms with van der Waals surface area (Å²) in [6.45, 7) is 1.70. The molecule has 6 nitrogen and oxygen atoms in total. The molecule has 1 aromatic carbocycles. The van der Waals surface area contributed by atoms with Crippen LogP contribution in [0.2, 0.25) is 0 Å². The van der Waals surface area contributed by atoms with Crippen LogP contribution in [-0.2, 0) is 24.1 Å². The number of hydrogen-bond acceptors (Lipinski definition) is 4. The first kappa shape index (κ1) is 17.7. The molecule has 0 radical (unpaired) electrons. The van der Waals surface area contributed by atoms with E-state index in [-0.39, 0.29) is 0 Å². The fraction of sp³-hybridized carbons (Fsp3) is 0.350. The lowest BCUT2D eigenvalue weighted by molar-refractivity contribution is -0.132. The summed E-state index contributed by atoms with van der Waals surface area (Å²) < 4.78 is 0. The smallest absolute Gasteiger partial charge is 0.322 e. The van der Waals surface area contributed by atoms with E-state index in [1.807, 2.05) is 36.4 Å². The van der Waals surface area contributed by atoms with Crippen molar-refractivity contribution < 1.29 is 14.4 Å². The van der Waals surface area contributed by atoms with E-state index in [1.165, 1.54) is 21.8 Å². The zero-order valence-corrected chi connectivity index (χ0v) is 15.9. The molecule has 0 saturated carbocycles. The van der Waals surface area contributed by atoms with Gasteiger partial charge in [-0.25, -0.2) is 4.79 Å². The summed E-state index contributed by atoms with van der Waals surface area (Å²) in [5.41, 5.74) is 3.75. The van der Waals surface area contributed by atoms with Gasteiger partial charge in [-0.15, -0.1) is 11.3 Å². The molecule has 4 amide bonds. The number of rotatable bonds is 5. The molecule has 2 aliphatic rings. The van der Waals surface area contributed by atoms with E-state index in [4.69, 9.17) is 0 Å². The number of amides is 4. The molecular weight excluding hydrogens is 362 g/mol. The van der Waals surface area contributed by atoms with E-state index in [0.717, 1.165) is 29.8 Å². The lowest BCUT2D eigenvalue weighted by Crippen LogP contribution is -2.48. The summed E-state index contributed by atoms with van der Waals surface area (Å²) in [5, 5.41) is 3.54. The maximum Gasteiger partial charge on any atom is 0.344 e. The van der Waals surface area contributed by atoms with E-state index < -0.39 is 23.4 Å². The fourth-order valence-electron chi connectivity index (χ4n) is 3.59. The zero-order chi connectivity index (χ0) is 19.0. The van der Waals surface area contributed by atoms with Crippen LogP contribution in [0.4, 0.5) is 4.79 Å². The van der Waals surface area contributed by atoms with Crippen molar-refractivity contribution in [2.24, 2.45) is 0 Å². The summed E-state index contributed by atoms with van der Waals surface area (Å²) in [4.78, 5) is 39.4. The molecule has 1 fully saturated rings. The molecule has 1 aromatic heterocycles. The lowest BCUT2D eigenvalue weighted by atomic mass is 9.93. The Morgan fingerprint density at radius 1 is 1.26 bits per heavy atom. The first-order chi connectivity index (χ1) is 13.0. The molecular formula is C20H21N3O3S.